The molecule has 0 fully saturated rings. The summed E-state index contributed by atoms with van der Waals surface area (Å²) in [5.41, 5.74) is 12.1. The highest BCUT2D eigenvalue weighted by molar-refractivity contribution is 7.80. The van der Waals surface area contributed by atoms with Gasteiger partial charge in [-0.1, -0.05) is 20.4 Å². The Bertz CT molecular complexity index is 626. The van der Waals surface area contributed by atoms with Crippen molar-refractivity contribution >= 4 is 29.7 Å². The molecule has 2 rings (SSSR count). The molecular weight excluding hydrogens is 266 g/mol. The minimum absolute atomic E-state index is 0.0522. The number of carbonyl (C=O) groups is 1. The molecule has 0 radical (unpaired) electrons. The van der Waals surface area contributed by atoms with E-state index in [9.17, 15) is 4.79 Å². The molecule has 0 bridgehead atoms. The van der Waals surface area contributed by atoms with Gasteiger partial charge in [0.15, 0.2) is 0 Å². The molecular formula is C17H21NOS. The molecule has 0 saturated carbocycles. The number of nitrogen functional groups attached to an aromatic ring is 1. The lowest BCUT2D eigenvalue weighted by atomic mass is 9.80. The molecule has 20 heavy (non-hydrogen) atoms. The van der Waals surface area contributed by atoms with E-state index < -0.39 is 0 Å². The van der Waals surface area contributed by atoms with Crippen molar-refractivity contribution in [3.05, 3.63) is 41.0 Å². The highest BCUT2D eigenvalue weighted by Gasteiger charge is 2.22. The Morgan fingerprint density at radius 3 is 2.70 bits per heavy atom. The summed E-state index contributed by atoms with van der Waals surface area (Å²) >= 11 is 4.39. The zero-order valence-corrected chi connectivity index (χ0v) is 13.2. The highest BCUT2D eigenvalue weighted by atomic mass is 32.1. The van der Waals surface area contributed by atoms with Crippen LogP contribution in [0.5, 0.6) is 0 Å². The molecule has 0 aromatic heterocycles. The van der Waals surface area contributed by atoms with Crippen molar-refractivity contribution in [1.29, 1.82) is 0 Å². The van der Waals surface area contributed by atoms with E-state index in [4.69, 9.17) is 5.73 Å². The van der Waals surface area contributed by atoms with E-state index in [0.717, 1.165) is 33.6 Å². The number of hydrogen-bond donors (Lipinski definition) is 2. The van der Waals surface area contributed by atoms with E-state index >= 15 is 0 Å². The second-order valence-corrected chi connectivity index (χ2v) is 6.23. The van der Waals surface area contributed by atoms with E-state index in [2.05, 4.69) is 26.1 Å². The van der Waals surface area contributed by atoms with Crippen molar-refractivity contribution in [2.75, 3.05) is 5.73 Å². The summed E-state index contributed by atoms with van der Waals surface area (Å²) in [5.74, 6) is 0.307. The Labute approximate surface area is 126 Å². The van der Waals surface area contributed by atoms with Crippen LogP contribution in [0, 0.1) is 5.92 Å². The predicted octanol–water partition coefficient (Wildman–Crippen LogP) is 4.06. The number of carbonyl (C=O) groups excluding carboxylic acids is 1. The summed E-state index contributed by atoms with van der Waals surface area (Å²) in [6.07, 6.45) is 1.22. The zero-order valence-electron chi connectivity index (χ0n) is 12.3. The van der Waals surface area contributed by atoms with E-state index in [1.807, 2.05) is 26.0 Å². The number of Topliss-reactive ketones (excluding diaryl/α,β-unsaturated/α-hetero) is 1. The molecule has 0 unspecified atom stereocenters. The van der Waals surface area contributed by atoms with Crippen molar-refractivity contribution in [2.24, 2.45) is 5.92 Å². The van der Waals surface area contributed by atoms with Gasteiger partial charge < -0.3 is 5.73 Å². The quantitative estimate of drug-likeness (QED) is 0.650. The third kappa shape index (κ3) is 2.68. The predicted molar refractivity (Wildman–Crippen MR) is 88.0 cm³/mol. The number of thiol groups is 1. The zero-order chi connectivity index (χ0) is 15.0. The molecule has 2 nitrogen and oxygen atoms in total. The summed E-state index contributed by atoms with van der Waals surface area (Å²) in [6, 6.07) is 3.96. The van der Waals surface area contributed by atoms with Crippen LogP contribution < -0.4 is 5.73 Å². The average molecular weight is 287 g/mol. The smallest absolute Gasteiger partial charge is 0.139 e. The van der Waals surface area contributed by atoms with Gasteiger partial charge in [-0.15, -0.1) is 12.6 Å². The van der Waals surface area contributed by atoms with Crippen molar-refractivity contribution < 1.29 is 4.79 Å². The minimum atomic E-state index is 0.0522. The number of rotatable bonds is 3. The van der Waals surface area contributed by atoms with Gasteiger partial charge in [-0.05, 0) is 53.3 Å². The van der Waals surface area contributed by atoms with Crippen LogP contribution in [-0.2, 0) is 11.2 Å². The van der Waals surface area contributed by atoms with Crippen LogP contribution in [-0.4, -0.2) is 5.78 Å². The molecule has 0 atom stereocenters. The van der Waals surface area contributed by atoms with E-state index in [-0.39, 0.29) is 11.7 Å². The molecule has 0 spiro atoms. The number of fused-ring (bicyclic) bond motifs is 1. The largest absolute Gasteiger partial charge is 0.398 e. The number of ketones is 1. The molecule has 0 amide bonds. The van der Waals surface area contributed by atoms with Crippen LogP contribution in [0.3, 0.4) is 0 Å². The van der Waals surface area contributed by atoms with Crippen LogP contribution in [0.4, 0.5) is 5.69 Å². The molecule has 3 heteroatoms. The van der Waals surface area contributed by atoms with Gasteiger partial charge >= 0.3 is 0 Å². The second-order valence-electron chi connectivity index (χ2n) is 5.75. The lowest BCUT2D eigenvalue weighted by Gasteiger charge is -2.24. The van der Waals surface area contributed by atoms with Crippen molar-refractivity contribution in [3.63, 3.8) is 0 Å². The van der Waals surface area contributed by atoms with Gasteiger partial charge in [0.25, 0.3) is 0 Å². The molecule has 106 valence electrons. The van der Waals surface area contributed by atoms with Crippen molar-refractivity contribution in [1.82, 2.24) is 0 Å². The lowest BCUT2D eigenvalue weighted by Crippen LogP contribution is -2.13. The van der Waals surface area contributed by atoms with Crippen LogP contribution in [0.2, 0.25) is 0 Å². The lowest BCUT2D eigenvalue weighted by molar-refractivity contribution is -0.121. The maximum absolute atomic E-state index is 12.0. The third-order valence-electron chi connectivity index (χ3n) is 3.93. The van der Waals surface area contributed by atoms with Gasteiger partial charge in [-0.25, -0.2) is 0 Å². The maximum Gasteiger partial charge on any atom is 0.139 e. The summed E-state index contributed by atoms with van der Waals surface area (Å²) in [5, 5.41) is 0. The Kier molecular flexibility index (Phi) is 4.09. The van der Waals surface area contributed by atoms with Crippen LogP contribution in [0.25, 0.3) is 5.57 Å². The first-order valence-electron chi connectivity index (χ1n) is 6.83. The van der Waals surface area contributed by atoms with Crippen molar-refractivity contribution in [3.8, 4) is 0 Å². The average Bonchev–Trinajstić information content (AvgIpc) is 2.37. The highest BCUT2D eigenvalue weighted by Crippen LogP contribution is 2.38. The first-order chi connectivity index (χ1) is 9.31. The molecule has 1 aliphatic carbocycles. The first-order valence-corrected chi connectivity index (χ1v) is 7.28. The van der Waals surface area contributed by atoms with Crippen LogP contribution in [0.15, 0.2) is 34.8 Å². The second kappa shape index (κ2) is 5.49. The molecule has 0 aliphatic heterocycles. The SMILES string of the molecule is C=C1Cc2cc(N)c(S)cc2C(C)=C1CC(=O)C(C)C. The van der Waals surface area contributed by atoms with Gasteiger partial charge in [0.1, 0.15) is 5.78 Å². The molecule has 1 aromatic carbocycles. The fraction of sp³-hybridized carbons (Fsp3) is 0.353. The monoisotopic (exact) mass is 287 g/mol. The van der Waals surface area contributed by atoms with Crippen molar-refractivity contribution in [2.45, 2.75) is 38.5 Å². The van der Waals surface area contributed by atoms with Gasteiger partial charge in [-0.3, -0.25) is 4.79 Å². The van der Waals surface area contributed by atoms with E-state index in [1.54, 1.807) is 0 Å². The molecule has 0 saturated heterocycles. The van der Waals surface area contributed by atoms with Gasteiger partial charge in [-0.2, -0.15) is 0 Å². The first kappa shape index (κ1) is 14.9. The summed E-state index contributed by atoms with van der Waals surface area (Å²) in [4.78, 5) is 12.8. The molecule has 1 aliphatic rings. The minimum Gasteiger partial charge on any atom is -0.398 e. The maximum atomic E-state index is 12.0. The Balaban J connectivity index is 2.48. The normalized spacial score (nSPS) is 14.8. The van der Waals surface area contributed by atoms with E-state index in [1.165, 1.54) is 5.56 Å². The molecule has 0 heterocycles. The Morgan fingerprint density at radius 2 is 2.10 bits per heavy atom. The number of hydrogen-bond acceptors (Lipinski definition) is 3. The number of anilines is 1. The Morgan fingerprint density at radius 1 is 1.45 bits per heavy atom. The van der Waals surface area contributed by atoms with Gasteiger partial charge in [0.05, 0.1) is 0 Å². The summed E-state index contributed by atoms with van der Waals surface area (Å²) < 4.78 is 0. The number of allylic oxidation sites excluding steroid dienone is 3. The fourth-order valence-electron chi connectivity index (χ4n) is 2.55. The fourth-order valence-corrected chi connectivity index (χ4v) is 2.74. The topological polar surface area (TPSA) is 43.1 Å². The summed E-state index contributed by atoms with van der Waals surface area (Å²) in [6.45, 7) is 10.1. The number of benzene rings is 1. The molecule has 2 N–H and O–H groups in total. The third-order valence-corrected chi connectivity index (χ3v) is 4.32. The Hall–Kier alpha value is -1.48. The van der Waals surface area contributed by atoms with Gasteiger partial charge in [0.2, 0.25) is 0 Å². The van der Waals surface area contributed by atoms with Crippen LogP contribution in [0.1, 0.15) is 38.3 Å². The summed E-state index contributed by atoms with van der Waals surface area (Å²) in [7, 11) is 0. The standard InChI is InChI=1S/C17H21NOS/c1-9(2)16(19)7-13-10(3)5-12-6-15(18)17(20)8-14(12)11(13)4/h6,8-9,20H,3,5,7,18H2,1-2,4H3. The van der Waals surface area contributed by atoms with Gasteiger partial charge in [0, 0.05) is 22.9 Å². The van der Waals surface area contributed by atoms with E-state index in [0.29, 0.717) is 12.1 Å². The number of nitrogens with two attached hydrogens (primary N) is 1. The van der Waals surface area contributed by atoms with Crippen LogP contribution >= 0.6 is 12.6 Å². The molecule has 1 aromatic rings.